The fraction of sp³-hybridized carbons (Fsp3) is 0.381. The van der Waals surface area contributed by atoms with Crippen molar-refractivity contribution in [2.24, 2.45) is 5.92 Å². The average molecular weight is 371 g/mol. The van der Waals surface area contributed by atoms with Gasteiger partial charge in [0.1, 0.15) is 0 Å². The molecule has 2 aromatic heterocycles. The molecule has 5 heteroatoms. The molecule has 0 bridgehead atoms. The summed E-state index contributed by atoms with van der Waals surface area (Å²) in [6.07, 6.45) is 1.14. The number of fused-ring (bicyclic) bond motifs is 1. The number of aromatic nitrogens is 1. The van der Waals surface area contributed by atoms with Crippen LogP contribution in [0.2, 0.25) is 0 Å². The van der Waals surface area contributed by atoms with Crippen LogP contribution in [0.3, 0.4) is 0 Å². The number of nitrogens with one attached hydrogen (secondary N) is 2. The molecule has 2 heterocycles. The van der Waals surface area contributed by atoms with Crippen LogP contribution in [0.4, 0.5) is 0 Å². The third-order valence-electron chi connectivity index (χ3n) is 4.86. The Morgan fingerprint density at radius 3 is 2.81 bits per heavy atom. The minimum absolute atomic E-state index is 0.00284. The van der Waals surface area contributed by atoms with Crippen molar-refractivity contribution in [3.63, 3.8) is 0 Å². The molecule has 3 aromatic rings. The molecule has 1 aromatic carbocycles. The van der Waals surface area contributed by atoms with Crippen molar-refractivity contribution in [2.45, 2.75) is 33.6 Å². The molecule has 1 amide bonds. The monoisotopic (exact) mass is 370 g/mol. The van der Waals surface area contributed by atoms with Gasteiger partial charge in [0.2, 0.25) is 5.91 Å². The second kappa shape index (κ2) is 8.06. The van der Waals surface area contributed by atoms with E-state index in [1.165, 1.54) is 16.7 Å². The normalized spacial score (nSPS) is 12.5. The second-order valence-corrected chi connectivity index (χ2v) is 7.88. The van der Waals surface area contributed by atoms with Crippen LogP contribution in [0.5, 0.6) is 0 Å². The largest absolute Gasteiger partial charge is 0.396 e. The van der Waals surface area contributed by atoms with Gasteiger partial charge in [0.25, 0.3) is 0 Å². The molecule has 0 aliphatic rings. The molecule has 4 nitrogen and oxygen atoms in total. The van der Waals surface area contributed by atoms with E-state index >= 15 is 0 Å². The lowest BCUT2D eigenvalue weighted by Crippen LogP contribution is -2.32. The molecule has 0 radical (unpaired) electrons. The van der Waals surface area contributed by atoms with Gasteiger partial charge in [-0.3, -0.25) is 4.79 Å². The highest BCUT2D eigenvalue weighted by molar-refractivity contribution is 7.07. The standard InChI is InChI=1S/C21H26N2O2S/c1-13-6-14(2)21-19(7-13)18(15(3)23-21)9-20(25)22-10-17(11-24)8-16-4-5-26-12-16/h4-7,12,17,23-24H,8-11H2,1-3H3,(H,22,25)/t17-/m1/s1. The van der Waals surface area contributed by atoms with E-state index in [1.807, 2.05) is 12.3 Å². The van der Waals surface area contributed by atoms with Crippen LogP contribution in [-0.4, -0.2) is 29.1 Å². The molecule has 3 rings (SSSR count). The number of aliphatic hydroxyl groups excluding tert-OH is 1. The number of carbonyl (C=O) groups is 1. The minimum atomic E-state index is -0.00284. The number of benzene rings is 1. The highest BCUT2D eigenvalue weighted by Gasteiger charge is 2.16. The van der Waals surface area contributed by atoms with Gasteiger partial charge >= 0.3 is 0 Å². The predicted molar refractivity (Wildman–Crippen MR) is 108 cm³/mol. The lowest BCUT2D eigenvalue weighted by atomic mass is 10.0. The number of carbonyl (C=O) groups excluding carboxylic acids is 1. The van der Waals surface area contributed by atoms with E-state index in [0.29, 0.717) is 13.0 Å². The van der Waals surface area contributed by atoms with Crippen LogP contribution in [0.1, 0.15) is 27.9 Å². The van der Waals surface area contributed by atoms with Crippen LogP contribution in [-0.2, 0) is 17.6 Å². The van der Waals surface area contributed by atoms with Gasteiger partial charge in [-0.1, -0.05) is 11.6 Å². The summed E-state index contributed by atoms with van der Waals surface area (Å²) in [6.45, 7) is 6.75. The molecule has 0 aliphatic heterocycles. The van der Waals surface area contributed by atoms with E-state index in [4.69, 9.17) is 0 Å². The number of aryl methyl sites for hydroxylation is 3. The quantitative estimate of drug-likeness (QED) is 0.594. The van der Waals surface area contributed by atoms with E-state index in [-0.39, 0.29) is 18.4 Å². The van der Waals surface area contributed by atoms with Crippen molar-refractivity contribution in [2.75, 3.05) is 13.2 Å². The molecular formula is C21H26N2O2S. The van der Waals surface area contributed by atoms with E-state index in [9.17, 15) is 9.90 Å². The maximum Gasteiger partial charge on any atom is 0.224 e. The van der Waals surface area contributed by atoms with Gasteiger partial charge in [0.05, 0.1) is 6.42 Å². The van der Waals surface area contributed by atoms with Crippen molar-refractivity contribution in [1.29, 1.82) is 0 Å². The minimum Gasteiger partial charge on any atom is -0.396 e. The SMILES string of the molecule is Cc1cc(C)c2[nH]c(C)c(CC(=O)NC[C@H](CO)Cc3ccsc3)c2c1. The van der Waals surface area contributed by atoms with E-state index in [0.717, 1.165) is 28.6 Å². The Bertz CT molecular complexity index is 897. The zero-order valence-electron chi connectivity index (χ0n) is 15.6. The Labute approximate surface area is 158 Å². The van der Waals surface area contributed by atoms with Crippen LogP contribution >= 0.6 is 11.3 Å². The molecule has 1 atom stereocenters. The van der Waals surface area contributed by atoms with Crippen molar-refractivity contribution < 1.29 is 9.90 Å². The maximum absolute atomic E-state index is 12.5. The lowest BCUT2D eigenvalue weighted by molar-refractivity contribution is -0.120. The summed E-state index contributed by atoms with van der Waals surface area (Å²) in [5.74, 6) is 0.0408. The topological polar surface area (TPSA) is 65.1 Å². The Balaban J connectivity index is 1.66. The van der Waals surface area contributed by atoms with Gasteiger partial charge < -0.3 is 15.4 Å². The first-order chi connectivity index (χ1) is 12.5. The summed E-state index contributed by atoms with van der Waals surface area (Å²) in [5, 5.41) is 17.8. The average Bonchev–Trinajstić information content (AvgIpc) is 3.21. The van der Waals surface area contributed by atoms with Crippen LogP contribution in [0.15, 0.2) is 29.0 Å². The van der Waals surface area contributed by atoms with Crippen molar-refractivity contribution >= 4 is 28.1 Å². The summed E-state index contributed by atoms with van der Waals surface area (Å²) >= 11 is 1.65. The van der Waals surface area contributed by atoms with Gasteiger partial charge in [0.15, 0.2) is 0 Å². The molecule has 0 spiro atoms. The number of hydrogen-bond donors (Lipinski definition) is 3. The fourth-order valence-corrected chi connectivity index (χ4v) is 4.17. The Hall–Kier alpha value is -2.11. The molecule has 0 saturated carbocycles. The summed E-state index contributed by atoms with van der Waals surface area (Å²) in [5.41, 5.74) is 6.82. The first kappa shape index (κ1) is 18.7. The summed E-state index contributed by atoms with van der Waals surface area (Å²) < 4.78 is 0. The number of rotatable bonds is 7. The zero-order chi connectivity index (χ0) is 18.7. The fourth-order valence-electron chi connectivity index (χ4n) is 3.49. The molecule has 26 heavy (non-hydrogen) atoms. The van der Waals surface area contributed by atoms with Gasteiger partial charge in [-0.25, -0.2) is 0 Å². The first-order valence-corrected chi connectivity index (χ1v) is 9.89. The number of amides is 1. The number of hydrogen-bond acceptors (Lipinski definition) is 3. The third-order valence-corrected chi connectivity index (χ3v) is 5.59. The number of H-pyrrole nitrogens is 1. The summed E-state index contributed by atoms with van der Waals surface area (Å²) in [4.78, 5) is 15.9. The molecule has 0 fully saturated rings. The first-order valence-electron chi connectivity index (χ1n) is 8.95. The van der Waals surface area contributed by atoms with Crippen LogP contribution < -0.4 is 5.32 Å². The van der Waals surface area contributed by atoms with Gasteiger partial charge in [-0.15, -0.1) is 0 Å². The Morgan fingerprint density at radius 2 is 2.12 bits per heavy atom. The van der Waals surface area contributed by atoms with Crippen LogP contribution in [0, 0.1) is 26.7 Å². The Morgan fingerprint density at radius 1 is 1.31 bits per heavy atom. The highest BCUT2D eigenvalue weighted by atomic mass is 32.1. The molecule has 0 saturated heterocycles. The van der Waals surface area contributed by atoms with E-state index < -0.39 is 0 Å². The molecule has 0 aliphatic carbocycles. The van der Waals surface area contributed by atoms with Crippen molar-refractivity contribution in [1.82, 2.24) is 10.3 Å². The summed E-state index contributed by atoms with van der Waals surface area (Å²) in [7, 11) is 0. The van der Waals surface area contributed by atoms with Crippen LogP contribution in [0.25, 0.3) is 10.9 Å². The summed E-state index contributed by atoms with van der Waals surface area (Å²) in [6, 6.07) is 6.36. The Kier molecular flexibility index (Phi) is 5.79. The van der Waals surface area contributed by atoms with E-state index in [2.05, 4.69) is 47.7 Å². The molecular weight excluding hydrogens is 344 g/mol. The maximum atomic E-state index is 12.5. The van der Waals surface area contributed by atoms with Crippen molar-refractivity contribution in [3.8, 4) is 0 Å². The number of thiophene rings is 1. The van der Waals surface area contributed by atoms with Gasteiger partial charge in [-0.2, -0.15) is 11.3 Å². The molecule has 3 N–H and O–H groups in total. The third kappa shape index (κ3) is 4.17. The predicted octanol–water partition coefficient (Wildman–Crippen LogP) is 3.66. The van der Waals surface area contributed by atoms with Gasteiger partial charge in [0, 0.05) is 35.7 Å². The van der Waals surface area contributed by atoms with Crippen molar-refractivity contribution in [3.05, 3.63) is 56.9 Å². The smallest absolute Gasteiger partial charge is 0.224 e. The zero-order valence-corrected chi connectivity index (χ0v) is 16.4. The molecule has 0 unspecified atom stereocenters. The number of aromatic amines is 1. The highest BCUT2D eigenvalue weighted by Crippen LogP contribution is 2.26. The lowest BCUT2D eigenvalue weighted by Gasteiger charge is -2.14. The second-order valence-electron chi connectivity index (χ2n) is 7.10. The molecule has 138 valence electrons. The number of aliphatic hydroxyl groups is 1. The van der Waals surface area contributed by atoms with Gasteiger partial charge in [-0.05, 0) is 66.8 Å². The van der Waals surface area contributed by atoms with E-state index in [1.54, 1.807) is 11.3 Å².